The highest BCUT2D eigenvalue weighted by molar-refractivity contribution is 6.05. The van der Waals surface area contributed by atoms with Crippen molar-refractivity contribution >= 4 is 29.3 Å². The van der Waals surface area contributed by atoms with Gasteiger partial charge in [-0.25, -0.2) is 0 Å². The third kappa shape index (κ3) is 4.57. The largest absolute Gasteiger partial charge is 0.480 e. The van der Waals surface area contributed by atoms with Crippen molar-refractivity contribution in [1.29, 1.82) is 0 Å². The Morgan fingerprint density at radius 3 is 2.48 bits per heavy atom. The quantitative estimate of drug-likeness (QED) is 0.661. The van der Waals surface area contributed by atoms with E-state index in [1.165, 1.54) is 6.07 Å². The van der Waals surface area contributed by atoms with Crippen LogP contribution in [0, 0.1) is 0 Å². The molecule has 1 aliphatic carbocycles. The van der Waals surface area contributed by atoms with Crippen molar-refractivity contribution in [3.63, 3.8) is 0 Å². The molecule has 0 aliphatic heterocycles. The molecule has 0 atom stereocenters. The molecule has 2 aromatic rings. The van der Waals surface area contributed by atoms with Gasteiger partial charge in [0, 0.05) is 23.2 Å². The molecule has 0 saturated carbocycles. The second-order valence-electron chi connectivity index (χ2n) is 6.58. The van der Waals surface area contributed by atoms with Crippen LogP contribution in [0.15, 0.2) is 41.2 Å². The molecule has 3 rings (SSSR count). The molecule has 0 saturated heterocycles. The van der Waals surface area contributed by atoms with E-state index in [-0.39, 0.29) is 17.0 Å². The van der Waals surface area contributed by atoms with Crippen LogP contribution in [0.4, 0.5) is 5.69 Å². The van der Waals surface area contributed by atoms with Gasteiger partial charge in [-0.05, 0) is 31.0 Å². The van der Waals surface area contributed by atoms with Gasteiger partial charge in [0.25, 0.3) is 11.5 Å². The first kappa shape index (κ1) is 20.0. The van der Waals surface area contributed by atoms with Gasteiger partial charge in [0.2, 0.25) is 5.91 Å². The van der Waals surface area contributed by atoms with Gasteiger partial charge in [-0.3, -0.25) is 24.0 Å². The monoisotopic (exact) mass is 397 g/mol. The van der Waals surface area contributed by atoms with Crippen molar-refractivity contribution < 1.29 is 24.3 Å². The molecule has 1 aromatic carbocycles. The summed E-state index contributed by atoms with van der Waals surface area (Å²) in [6.45, 7) is -1.03. The molecule has 1 aliphatic rings. The summed E-state index contributed by atoms with van der Waals surface area (Å²) in [5.41, 5.74) is 0.286. The second kappa shape index (κ2) is 8.51. The number of carboxylic acid groups (broad SMARTS) is 1. The molecule has 2 amide bonds. The molecular weight excluding hydrogens is 378 g/mol. The zero-order valence-electron chi connectivity index (χ0n) is 15.4. The van der Waals surface area contributed by atoms with Gasteiger partial charge in [-0.2, -0.15) is 0 Å². The predicted molar refractivity (Wildman–Crippen MR) is 103 cm³/mol. The van der Waals surface area contributed by atoms with E-state index in [1.54, 1.807) is 30.3 Å². The van der Waals surface area contributed by atoms with Crippen molar-refractivity contribution in [2.24, 2.45) is 0 Å². The highest BCUT2D eigenvalue weighted by atomic mass is 16.4. The highest BCUT2D eigenvalue weighted by Gasteiger charge is 2.25. The van der Waals surface area contributed by atoms with Gasteiger partial charge in [-0.15, -0.1) is 0 Å². The number of pyridine rings is 1. The van der Waals surface area contributed by atoms with Gasteiger partial charge in [-0.1, -0.05) is 18.2 Å². The number of amides is 2. The Bertz CT molecular complexity index is 1040. The number of fused-ring (bicyclic) bond motifs is 1. The van der Waals surface area contributed by atoms with Crippen LogP contribution in [0.1, 0.15) is 39.3 Å². The molecular formula is C20H19N3O6. The number of carbonyl (C=O) groups excluding carboxylic acids is 3. The number of hydrogen-bond donors (Lipinski definition) is 3. The second-order valence-corrected chi connectivity index (χ2v) is 6.58. The summed E-state index contributed by atoms with van der Waals surface area (Å²) in [5, 5.41) is 13.4. The third-order valence-corrected chi connectivity index (χ3v) is 4.54. The van der Waals surface area contributed by atoms with Crippen molar-refractivity contribution in [3.05, 3.63) is 63.6 Å². The Morgan fingerprint density at radius 1 is 1.07 bits per heavy atom. The number of aromatic nitrogens is 1. The number of carbonyl (C=O) groups is 4. The van der Waals surface area contributed by atoms with Gasteiger partial charge in [0.05, 0.1) is 0 Å². The summed E-state index contributed by atoms with van der Waals surface area (Å²) in [6, 6.07) is 9.61. The summed E-state index contributed by atoms with van der Waals surface area (Å²) in [5.74, 6) is -2.60. The van der Waals surface area contributed by atoms with Crippen LogP contribution in [0.3, 0.4) is 0 Å². The van der Waals surface area contributed by atoms with Crippen molar-refractivity contribution in [3.8, 4) is 0 Å². The summed E-state index contributed by atoms with van der Waals surface area (Å²) in [7, 11) is 0. The number of hydrogen-bond acceptors (Lipinski definition) is 5. The van der Waals surface area contributed by atoms with Crippen molar-refractivity contribution in [2.75, 3.05) is 11.9 Å². The van der Waals surface area contributed by atoms with Crippen LogP contribution < -0.4 is 16.2 Å². The van der Waals surface area contributed by atoms with Gasteiger partial charge < -0.3 is 20.3 Å². The first-order valence-electron chi connectivity index (χ1n) is 9.01. The van der Waals surface area contributed by atoms with E-state index >= 15 is 0 Å². The Labute approximate surface area is 165 Å². The first-order valence-corrected chi connectivity index (χ1v) is 9.01. The molecule has 1 aromatic heterocycles. The topological polar surface area (TPSA) is 135 Å². The van der Waals surface area contributed by atoms with Crippen LogP contribution in [0.2, 0.25) is 0 Å². The number of ketones is 1. The lowest BCUT2D eigenvalue weighted by Gasteiger charge is -2.21. The summed E-state index contributed by atoms with van der Waals surface area (Å²) in [6.07, 6.45) is 1.27. The molecule has 0 unspecified atom stereocenters. The van der Waals surface area contributed by atoms with Crippen LogP contribution in [-0.2, 0) is 22.6 Å². The van der Waals surface area contributed by atoms with Gasteiger partial charge in [0.15, 0.2) is 5.78 Å². The first-order chi connectivity index (χ1) is 13.9. The zero-order valence-corrected chi connectivity index (χ0v) is 15.4. The molecule has 0 fully saturated rings. The molecule has 9 nitrogen and oxygen atoms in total. The third-order valence-electron chi connectivity index (χ3n) is 4.54. The van der Waals surface area contributed by atoms with E-state index in [9.17, 15) is 24.0 Å². The number of Topliss-reactive ketones (excluding diaryl/α,β-unsaturated/α-hetero) is 1. The average molecular weight is 397 g/mol. The lowest BCUT2D eigenvalue weighted by Crippen LogP contribution is -2.38. The zero-order chi connectivity index (χ0) is 21.0. The van der Waals surface area contributed by atoms with Crippen LogP contribution >= 0.6 is 0 Å². The predicted octanol–water partition coefficient (Wildman–Crippen LogP) is 0.820. The number of aliphatic carboxylic acids is 1. The van der Waals surface area contributed by atoms with Crippen LogP contribution in [0.25, 0.3) is 0 Å². The lowest BCUT2D eigenvalue weighted by atomic mass is 9.94. The van der Waals surface area contributed by atoms with E-state index in [4.69, 9.17) is 5.11 Å². The molecule has 0 radical (unpaired) electrons. The Balaban J connectivity index is 1.97. The van der Waals surface area contributed by atoms with Crippen molar-refractivity contribution in [2.45, 2.75) is 25.8 Å². The molecule has 0 spiro atoms. The minimum absolute atomic E-state index is 0.112. The molecule has 150 valence electrons. The molecule has 1 heterocycles. The van der Waals surface area contributed by atoms with E-state index in [1.807, 2.05) is 0 Å². The Morgan fingerprint density at radius 2 is 1.79 bits per heavy atom. The summed E-state index contributed by atoms with van der Waals surface area (Å²) in [4.78, 5) is 60.4. The highest BCUT2D eigenvalue weighted by Crippen LogP contribution is 2.22. The van der Waals surface area contributed by atoms with Gasteiger partial charge >= 0.3 is 5.97 Å². The maximum atomic E-state index is 12.9. The number of benzene rings is 1. The molecule has 0 bridgehead atoms. The molecule has 9 heteroatoms. The maximum absolute atomic E-state index is 12.9. The Hall–Kier alpha value is -3.75. The number of nitrogens with one attached hydrogen (secondary N) is 2. The fourth-order valence-electron chi connectivity index (χ4n) is 3.18. The number of anilines is 1. The minimum atomic E-state index is -1.22. The van der Waals surface area contributed by atoms with Crippen molar-refractivity contribution in [1.82, 2.24) is 9.88 Å². The van der Waals surface area contributed by atoms with Crippen LogP contribution in [0.5, 0.6) is 0 Å². The van der Waals surface area contributed by atoms with E-state index in [0.29, 0.717) is 30.5 Å². The Kier molecular flexibility index (Phi) is 5.87. The van der Waals surface area contributed by atoms with E-state index in [0.717, 1.165) is 4.57 Å². The van der Waals surface area contributed by atoms with Crippen LogP contribution in [-0.4, -0.2) is 39.8 Å². The summed E-state index contributed by atoms with van der Waals surface area (Å²) < 4.78 is 1.13. The molecule has 3 N–H and O–H groups in total. The minimum Gasteiger partial charge on any atom is -0.480 e. The lowest BCUT2D eigenvalue weighted by molar-refractivity contribution is -0.138. The SMILES string of the molecule is O=C(O)CNC(=O)Cn1c2c(cc(NC(=O)c3ccccc3)c1=O)C(=O)CCC2. The number of carboxylic acids is 1. The van der Waals surface area contributed by atoms with E-state index < -0.39 is 36.4 Å². The standard InChI is InChI=1S/C20H19N3O6/c24-16-8-4-7-15-13(16)9-14(22-19(28)12-5-2-1-3-6-12)20(29)23(15)11-17(25)21-10-18(26)27/h1-3,5-6,9H,4,7-8,10-11H2,(H,21,25)(H,22,28)(H,26,27). The number of rotatable bonds is 6. The normalized spacial score (nSPS) is 12.8. The smallest absolute Gasteiger partial charge is 0.322 e. The summed E-state index contributed by atoms with van der Waals surface area (Å²) >= 11 is 0. The maximum Gasteiger partial charge on any atom is 0.322 e. The fourth-order valence-corrected chi connectivity index (χ4v) is 3.18. The fraction of sp³-hybridized carbons (Fsp3) is 0.250. The van der Waals surface area contributed by atoms with E-state index in [2.05, 4.69) is 10.6 Å². The molecule has 29 heavy (non-hydrogen) atoms. The number of nitrogens with zero attached hydrogens (tertiary/aromatic N) is 1. The average Bonchev–Trinajstić information content (AvgIpc) is 2.70. The van der Waals surface area contributed by atoms with Gasteiger partial charge in [0.1, 0.15) is 18.8 Å².